The highest BCUT2D eigenvalue weighted by Gasteiger charge is 2.25. The summed E-state index contributed by atoms with van der Waals surface area (Å²) in [4.78, 5) is 30.7. The standard InChI is InChI=1S/C23H24FN3O2S/c1-15(21(28)25-17-9-7-8-16(24)14-17)30-23-26-20-13-6-5-12-19(20)22(29)27(23)18-10-3-2-4-11-18/h5-9,12-15,18H,2-4,10-11H2,1H3,(H,25,28). The summed E-state index contributed by atoms with van der Waals surface area (Å²) in [5.74, 6) is -0.668. The largest absolute Gasteiger partial charge is 0.325 e. The molecule has 0 aliphatic heterocycles. The number of carbonyl (C=O) groups excluding carboxylic acids is 1. The first-order valence-corrected chi connectivity index (χ1v) is 11.2. The van der Waals surface area contributed by atoms with E-state index in [4.69, 9.17) is 4.98 Å². The zero-order valence-corrected chi connectivity index (χ0v) is 17.6. The van der Waals surface area contributed by atoms with Crippen molar-refractivity contribution in [2.75, 3.05) is 5.32 Å². The van der Waals surface area contributed by atoms with Gasteiger partial charge in [-0.3, -0.25) is 14.2 Å². The number of aromatic nitrogens is 2. The molecule has 4 rings (SSSR count). The number of nitrogens with zero attached hydrogens (tertiary/aromatic N) is 2. The molecule has 3 aromatic rings. The van der Waals surface area contributed by atoms with E-state index in [1.807, 2.05) is 18.2 Å². The van der Waals surface area contributed by atoms with Crippen molar-refractivity contribution < 1.29 is 9.18 Å². The van der Waals surface area contributed by atoms with Gasteiger partial charge in [0.25, 0.3) is 5.56 Å². The number of hydrogen-bond donors (Lipinski definition) is 1. The summed E-state index contributed by atoms with van der Waals surface area (Å²) in [7, 11) is 0. The lowest BCUT2D eigenvalue weighted by atomic mass is 9.95. The lowest BCUT2D eigenvalue weighted by Crippen LogP contribution is -2.30. The number of fused-ring (bicyclic) bond motifs is 1. The molecule has 30 heavy (non-hydrogen) atoms. The molecule has 1 aliphatic rings. The van der Waals surface area contributed by atoms with Crippen molar-refractivity contribution in [2.24, 2.45) is 0 Å². The lowest BCUT2D eigenvalue weighted by Gasteiger charge is -2.26. The van der Waals surface area contributed by atoms with E-state index >= 15 is 0 Å². The van der Waals surface area contributed by atoms with Gasteiger partial charge in [-0.25, -0.2) is 9.37 Å². The van der Waals surface area contributed by atoms with Crippen molar-refractivity contribution in [2.45, 2.75) is 55.5 Å². The molecule has 0 radical (unpaired) electrons. The van der Waals surface area contributed by atoms with Gasteiger partial charge in [-0.05, 0) is 50.1 Å². The van der Waals surface area contributed by atoms with Crippen LogP contribution in [0, 0.1) is 5.82 Å². The third-order valence-electron chi connectivity index (χ3n) is 5.46. The Morgan fingerprint density at radius 2 is 1.93 bits per heavy atom. The quantitative estimate of drug-likeness (QED) is 0.453. The third kappa shape index (κ3) is 4.41. The summed E-state index contributed by atoms with van der Waals surface area (Å²) in [6, 6.07) is 13.2. The van der Waals surface area contributed by atoms with Crippen LogP contribution in [0.1, 0.15) is 45.1 Å². The molecule has 7 heteroatoms. The van der Waals surface area contributed by atoms with Crippen LogP contribution >= 0.6 is 11.8 Å². The summed E-state index contributed by atoms with van der Waals surface area (Å²) in [5.41, 5.74) is 0.992. The fourth-order valence-electron chi connectivity index (χ4n) is 3.89. The Morgan fingerprint density at radius 1 is 1.17 bits per heavy atom. The number of benzene rings is 2. The zero-order chi connectivity index (χ0) is 21.1. The second-order valence-electron chi connectivity index (χ2n) is 7.64. The molecule has 1 N–H and O–H groups in total. The van der Waals surface area contributed by atoms with Crippen LogP contribution in [0.5, 0.6) is 0 Å². The van der Waals surface area contributed by atoms with E-state index in [0.29, 0.717) is 21.7 Å². The van der Waals surface area contributed by atoms with E-state index in [0.717, 1.165) is 25.7 Å². The van der Waals surface area contributed by atoms with Crippen LogP contribution in [0.15, 0.2) is 58.5 Å². The van der Waals surface area contributed by atoms with Crippen molar-refractivity contribution in [1.29, 1.82) is 0 Å². The van der Waals surface area contributed by atoms with Crippen molar-refractivity contribution >= 4 is 34.3 Å². The Kier molecular flexibility index (Phi) is 6.18. The number of halogens is 1. The van der Waals surface area contributed by atoms with E-state index in [9.17, 15) is 14.0 Å². The minimum atomic E-state index is -0.504. The van der Waals surface area contributed by atoms with Crippen LogP contribution in [-0.4, -0.2) is 20.7 Å². The van der Waals surface area contributed by atoms with Gasteiger partial charge in [-0.15, -0.1) is 0 Å². The molecule has 1 aliphatic carbocycles. The van der Waals surface area contributed by atoms with Gasteiger partial charge in [0.2, 0.25) is 5.91 Å². The summed E-state index contributed by atoms with van der Waals surface area (Å²) in [6.45, 7) is 1.77. The maximum atomic E-state index is 13.4. The fraction of sp³-hybridized carbons (Fsp3) is 0.348. The highest BCUT2D eigenvalue weighted by Crippen LogP contribution is 2.32. The first-order valence-electron chi connectivity index (χ1n) is 10.3. The lowest BCUT2D eigenvalue weighted by molar-refractivity contribution is -0.115. The minimum Gasteiger partial charge on any atom is -0.325 e. The predicted octanol–water partition coefficient (Wildman–Crippen LogP) is 5.16. The first-order chi connectivity index (χ1) is 14.5. The van der Waals surface area contributed by atoms with E-state index in [1.165, 1.54) is 30.3 Å². The summed E-state index contributed by atoms with van der Waals surface area (Å²) in [6.07, 6.45) is 5.24. The maximum absolute atomic E-state index is 13.4. The molecule has 1 aromatic heterocycles. The van der Waals surface area contributed by atoms with E-state index < -0.39 is 11.1 Å². The monoisotopic (exact) mass is 425 g/mol. The van der Waals surface area contributed by atoms with Crippen LogP contribution < -0.4 is 10.9 Å². The van der Waals surface area contributed by atoms with E-state index in [1.54, 1.807) is 29.7 Å². The fourth-order valence-corrected chi connectivity index (χ4v) is 4.87. The number of rotatable bonds is 5. The number of thioether (sulfide) groups is 1. The molecule has 2 aromatic carbocycles. The molecular formula is C23H24FN3O2S. The summed E-state index contributed by atoms with van der Waals surface area (Å²) in [5, 5.41) is 3.40. The van der Waals surface area contributed by atoms with Crippen molar-refractivity contribution in [3.8, 4) is 0 Å². The van der Waals surface area contributed by atoms with Gasteiger partial charge in [-0.1, -0.05) is 49.2 Å². The molecule has 5 nitrogen and oxygen atoms in total. The van der Waals surface area contributed by atoms with Gasteiger partial charge >= 0.3 is 0 Å². The molecule has 156 valence electrons. The Labute approximate surface area is 178 Å². The van der Waals surface area contributed by atoms with Crippen LogP contribution in [0.4, 0.5) is 10.1 Å². The van der Waals surface area contributed by atoms with Gasteiger partial charge < -0.3 is 5.32 Å². The van der Waals surface area contributed by atoms with Crippen molar-refractivity contribution in [3.63, 3.8) is 0 Å². The Balaban J connectivity index is 1.65. The maximum Gasteiger partial charge on any atom is 0.262 e. The molecule has 1 atom stereocenters. The summed E-state index contributed by atoms with van der Waals surface area (Å²) < 4.78 is 15.2. The molecule has 1 saturated carbocycles. The average Bonchev–Trinajstić information content (AvgIpc) is 2.74. The highest BCUT2D eigenvalue weighted by molar-refractivity contribution is 8.00. The normalized spacial score (nSPS) is 15.8. The number of carbonyl (C=O) groups is 1. The number of anilines is 1. The van der Waals surface area contributed by atoms with E-state index in [-0.39, 0.29) is 17.5 Å². The predicted molar refractivity (Wildman–Crippen MR) is 118 cm³/mol. The molecule has 0 spiro atoms. The van der Waals surface area contributed by atoms with Crippen molar-refractivity contribution in [3.05, 3.63) is 64.7 Å². The molecule has 0 saturated heterocycles. The SMILES string of the molecule is CC(Sc1nc2ccccc2c(=O)n1C1CCCCC1)C(=O)Nc1cccc(F)c1. The van der Waals surface area contributed by atoms with E-state index in [2.05, 4.69) is 5.32 Å². The molecule has 1 unspecified atom stereocenters. The van der Waals surface area contributed by atoms with Crippen molar-refractivity contribution in [1.82, 2.24) is 9.55 Å². The van der Waals surface area contributed by atoms with Crippen LogP contribution in [0.2, 0.25) is 0 Å². The molecule has 0 bridgehead atoms. The Bertz CT molecular complexity index is 1120. The minimum absolute atomic E-state index is 0.0484. The van der Waals surface area contributed by atoms with Crippen LogP contribution in [0.25, 0.3) is 10.9 Å². The van der Waals surface area contributed by atoms with Gasteiger partial charge in [0.15, 0.2) is 5.16 Å². The molecule has 1 amide bonds. The Morgan fingerprint density at radius 3 is 2.70 bits per heavy atom. The van der Waals surface area contributed by atoms with Crippen LogP contribution in [0.3, 0.4) is 0 Å². The number of hydrogen-bond acceptors (Lipinski definition) is 4. The van der Waals surface area contributed by atoms with Gasteiger partial charge in [0.05, 0.1) is 16.2 Å². The Hall–Kier alpha value is -2.67. The molecular weight excluding hydrogens is 401 g/mol. The number of para-hydroxylation sites is 1. The highest BCUT2D eigenvalue weighted by atomic mass is 32.2. The average molecular weight is 426 g/mol. The second kappa shape index (κ2) is 9.00. The smallest absolute Gasteiger partial charge is 0.262 e. The van der Waals surface area contributed by atoms with Crippen LogP contribution in [-0.2, 0) is 4.79 Å². The van der Waals surface area contributed by atoms with Gasteiger partial charge in [0, 0.05) is 11.7 Å². The van der Waals surface area contributed by atoms with Gasteiger partial charge in [0.1, 0.15) is 5.82 Å². The topological polar surface area (TPSA) is 64.0 Å². The second-order valence-corrected chi connectivity index (χ2v) is 8.95. The summed E-state index contributed by atoms with van der Waals surface area (Å²) >= 11 is 1.27. The van der Waals surface area contributed by atoms with Gasteiger partial charge in [-0.2, -0.15) is 0 Å². The molecule has 1 heterocycles. The first kappa shape index (κ1) is 20.6. The zero-order valence-electron chi connectivity index (χ0n) is 16.8. The third-order valence-corrected chi connectivity index (χ3v) is 6.53. The number of amides is 1. The molecule has 1 fully saturated rings. The number of nitrogens with one attached hydrogen (secondary N) is 1.